The number of hydrogen-bond donors (Lipinski definition) is 5. The third-order valence-corrected chi connectivity index (χ3v) is 5.76. The van der Waals surface area contributed by atoms with Gasteiger partial charge in [0.15, 0.2) is 0 Å². The maximum Gasteiger partial charge on any atom is 0.352 e. The molecule has 0 aliphatic carbocycles. The van der Waals surface area contributed by atoms with Gasteiger partial charge in [-0.2, -0.15) is 0 Å². The highest BCUT2D eigenvalue weighted by Gasteiger charge is 2.66. The molecule has 2 rings (SSSR count). The zero-order chi connectivity index (χ0) is 20.4. The predicted octanol–water partition coefficient (Wildman–Crippen LogP) is -1.73. The first-order valence-corrected chi connectivity index (χ1v) is 9.10. The van der Waals surface area contributed by atoms with E-state index in [0.717, 1.165) is 16.7 Å². The van der Waals surface area contributed by atoms with E-state index in [1.165, 1.54) is 7.11 Å². The van der Waals surface area contributed by atoms with Gasteiger partial charge in [-0.25, -0.2) is 4.79 Å². The number of aliphatic hydroxyl groups excluding tert-OH is 1. The standard InChI is InChI=1S/C15H21N3O8S/c1-26-15(17-9(20)4-2-3-8(16)11(21)22)13(25)18-10(12(23)24)7(5-19)6-27-14(15)18/h8,14,19H,2-6,16H2,1H3,(H,17,20)(H,21,22)(H,23,24)/t8?,14-,15-/m0/s1. The summed E-state index contributed by atoms with van der Waals surface area (Å²) in [7, 11) is 1.22. The van der Waals surface area contributed by atoms with E-state index in [4.69, 9.17) is 15.6 Å². The number of carboxylic acid groups (broad SMARTS) is 2. The summed E-state index contributed by atoms with van der Waals surface area (Å²) in [5.41, 5.74) is 3.56. The number of nitrogens with one attached hydrogen (secondary N) is 1. The van der Waals surface area contributed by atoms with Crippen LogP contribution in [0.5, 0.6) is 0 Å². The minimum absolute atomic E-state index is 0.0692. The van der Waals surface area contributed by atoms with E-state index in [-0.39, 0.29) is 36.3 Å². The summed E-state index contributed by atoms with van der Waals surface area (Å²) < 4.78 is 5.25. The molecule has 2 amide bonds. The molecule has 1 fully saturated rings. The summed E-state index contributed by atoms with van der Waals surface area (Å²) >= 11 is 1.16. The largest absolute Gasteiger partial charge is 0.480 e. The molecule has 0 aromatic heterocycles. The minimum atomic E-state index is -1.71. The molecule has 1 unspecified atom stereocenters. The molecule has 3 atom stereocenters. The molecule has 6 N–H and O–H groups in total. The zero-order valence-corrected chi connectivity index (χ0v) is 15.3. The van der Waals surface area contributed by atoms with Crippen molar-refractivity contribution in [3.8, 4) is 0 Å². The smallest absolute Gasteiger partial charge is 0.352 e. The third-order valence-electron chi connectivity index (χ3n) is 4.39. The number of carbonyl (C=O) groups is 4. The van der Waals surface area contributed by atoms with Gasteiger partial charge in [0.2, 0.25) is 5.91 Å². The molecule has 0 radical (unpaired) electrons. The van der Waals surface area contributed by atoms with E-state index < -0.39 is 47.5 Å². The second kappa shape index (κ2) is 8.25. The number of aliphatic hydroxyl groups is 1. The molecular weight excluding hydrogens is 382 g/mol. The summed E-state index contributed by atoms with van der Waals surface area (Å²) in [5.74, 6) is -3.64. The van der Waals surface area contributed by atoms with Gasteiger partial charge in [-0.1, -0.05) is 0 Å². The van der Waals surface area contributed by atoms with Crippen LogP contribution in [0, 0.1) is 0 Å². The second-order valence-corrected chi connectivity index (χ2v) is 7.15. The summed E-state index contributed by atoms with van der Waals surface area (Å²) in [6, 6.07) is -1.08. The van der Waals surface area contributed by atoms with Crippen molar-refractivity contribution >= 4 is 35.5 Å². The first-order chi connectivity index (χ1) is 12.7. The minimum Gasteiger partial charge on any atom is -0.480 e. The Bertz CT molecular complexity index is 697. The predicted molar refractivity (Wildman–Crippen MR) is 92.2 cm³/mol. The topological polar surface area (TPSA) is 179 Å². The first-order valence-electron chi connectivity index (χ1n) is 8.05. The fraction of sp³-hybridized carbons (Fsp3) is 0.600. The van der Waals surface area contributed by atoms with Crippen LogP contribution in [-0.2, 0) is 23.9 Å². The van der Waals surface area contributed by atoms with Gasteiger partial charge < -0.3 is 31.1 Å². The molecular formula is C15H21N3O8S. The molecule has 1 saturated heterocycles. The zero-order valence-electron chi connectivity index (χ0n) is 14.5. The number of nitrogens with zero attached hydrogens (tertiary/aromatic N) is 1. The van der Waals surface area contributed by atoms with Crippen molar-refractivity contribution in [2.45, 2.75) is 36.4 Å². The number of aliphatic carboxylic acids is 2. The Hall–Kier alpha value is -2.15. The molecule has 0 spiro atoms. The number of carbonyl (C=O) groups excluding carboxylic acids is 2. The van der Waals surface area contributed by atoms with E-state index >= 15 is 0 Å². The molecule has 2 heterocycles. The van der Waals surface area contributed by atoms with Crippen LogP contribution >= 0.6 is 11.8 Å². The lowest BCUT2D eigenvalue weighted by Crippen LogP contribution is -2.80. The molecule has 2 aliphatic heterocycles. The highest BCUT2D eigenvalue weighted by molar-refractivity contribution is 8.00. The van der Waals surface area contributed by atoms with Crippen molar-refractivity contribution in [3.63, 3.8) is 0 Å². The van der Waals surface area contributed by atoms with E-state index in [0.29, 0.717) is 0 Å². The summed E-state index contributed by atoms with van der Waals surface area (Å²) in [6.45, 7) is -0.499. The van der Waals surface area contributed by atoms with Gasteiger partial charge in [0.05, 0.1) is 6.61 Å². The molecule has 11 nitrogen and oxygen atoms in total. The molecule has 2 aliphatic rings. The highest BCUT2D eigenvalue weighted by Crippen LogP contribution is 2.46. The number of methoxy groups -OCH3 is 1. The maximum atomic E-state index is 12.6. The Kier molecular flexibility index (Phi) is 6.46. The number of hydrogen-bond acceptors (Lipinski definition) is 8. The maximum absolute atomic E-state index is 12.6. The Balaban J connectivity index is 2.08. The van der Waals surface area contributed by atoms with Crippen molar-refractivity contribution in [2.24, 2.45) is 5.73 Å². The molecule has 150 valence electrons. The fourth-order valence-electron chi connectivity index (χ4n) is 2.94. The summed E-state index contributed by atoms with van der Waals surface area (Å²) in [5, 5.41) is 29.1. The normalized spacial score (nSPS) is 25.5. The van der Waals surface area contributed by atoms with E-state index in [2.05, 4.69) is 5.32 Å². The van der Waals surface area contributed by atoms with Crippen LogP contribution in [0.15, 0.2) is 11.3 Å². The van der Waals surface area contributed by atoms with Gasteiger partial charge in [-0.15, -0.1) is 11.8 Å². The first kappa shape index (κ1) is 21.2. The van der Waals surface area contributed by atoms with Crippen LogP contribution in [0.25, 0.3) is 0 Å². The molecule has 0 aromatic rings. The van der Waals surface area contributed by atoms with E-state index in [1.807, 2.05) is 0 Å². The lowest BCUT2D eigenvalue weighted by atomic mass is 9.97. The second-order valence-electron chi connectivity index (χ2n) is 6.08. The van der Waals surface area contributed by atoms with Gasteiger partial charge in [0, 0.05) is 19.3 Å². The summed E-state index contributed by atoms with van der Waals surface area (Å²) in [6.07, 6.45) is 0.219. The molecule has 0 bridgehead atoms. The number of carboxylic acids is 2. The Morgan fingerprint density at radius 3 is 2.63 bits per heavy atom. The van der Waals surface area contributed by atoms with Crippen molar-refractivity contribution in [1.29, 1.82) is 0 Å². The SMILES string of the molecule is CO[C@@]1(NC(=O)CCCC(N)C(=O)O)C(=O)N2C(C(=O)O)=C(CO)CS[C@H]21. The third kappa shape index (κ3) is 3.78. The van der Waals surface area contributed by atoms with Gasteiger partial charge >= 0.3 is 11.9 Å². The van der Waals surface area contributed by atoms with Crippen LogP contribution < -0.4 is 11.1 Å². The van der Waals surface area contributed by atoms with Gasteiger partial charge in [0.25, 0.3) is 11.6 Å². The lowest BCUT2D eigenvalue weighted by molar-refractivity contribution is -0.192. The molecule has 12 heteroatoms. The number of thioether (sulfide) groups is 1. The summed E-state index contributed by atoms with van der Waals surface area (Å²) in [4.78, 5) is 48.0. The van der Waals surface area contributed by atoms with E-state index in [9.17, 15) is 29.4 Å². The highest BCUT2D eigenvalue weighted by atomic mass is 32.2. The van der Waals surface area contributed by atoms with Crippen molar-refractivity contribution in [3.05, 3.63) is 11.3 Å². The van der Waals surface area contributed by atoms with Gasteiger partial charge in [0.1, 0.15) is 17.1 Å². The van der Waals surface area contributed by atoms with Crippen LogP contribution in [0.4, 0.5) is 0 Å². The van der Waals surface area contributed by atoms with Crippen molar-refractivity contribution < 1.29 is 39.2 Å². The van der Waals surface area contributed by atoms with Gasteiger partial charge in [-0.05, 0) is 18.4 Å². The van der Waals surface area contributed by atoms with Crippen LogP contribution in [0.3, 0.4) is 0 Å². The number of ether oxygens (including phenoxy) is 1. The monoisotopic (exact) mass is 403 g/mol. The fourth-order valence-corrected chi connectivity index (χ4v) is 4.37. The molecule has 0 aromatic carbocycles. The number of β-lactam (4-membered cyclic amide) rings is 1. The average Bonchev–Trinajstić information content (AvgIpc) is 2.63. The molecule has 27 heavy (non-hydrogen) atoms. The van der Waals surface area contributed by atoms with Crippen LogP contribution in [0.2, 0.25) is 0 Å². The quantitative estimate of drug-likeness (QED) is 0.219. The number of rotatable bonds is 9. The lowest BCUT2D eigenvalue weighted by Gasteiger charge is -2.55. The van der Waals surface area contributed by atoms with Crippen molar-refractivity contribution in [2.75, 3.05) is 19.5 Å². The molecule has 0 saturated carbocycles. The number of nitrogens with two attached hydrogens (primary N) is 1. The number of amides is 2. The van der Waals surface area contributed by atoms with Gasteiger partial charge in [-0.3, -0.25) is 19.3 Å². The number of fused-ring (bicyclic) bond motifs is 1. The van der Waals surface area contributed by atoms with Crippen molar-refractivity contribution in [1.82, 2.24) is 10.2 Å². The van der Waals surface area contributed by atoms with Crippen LogP contribution in [-0.4, -0.2) is 80.6 Å². The Labute approximate surface area is 158 Å². The Morgan fingerprint density at radius 1 is 1.44 bits per heavy atom. The van der Waals surface area contributed by atoms with Crippen LogP contribution in [0.1, 0.15) is 19.3 Å². The Morgan fingerprint density at radius 2 is 2.11 bits per heavy atom. The average molecular weight is 403 g/mol. The van der Waals surface area contributed by atoms with E-state index in [1.54, 1.807) is 0 Å².